The number of benzene rings is 1. The molecule has 0 aliphatic carbocycles. The zero-order chi connectivity index (χ0) is 24.1. The summed E-state index contributed by atoms with van der Waals surface area (Å²) in [4.78, 5) is 12.9. The molecule has 2 fully saturated rings. The molecule has 8 nitrogen and oxygen atoms in total. The monoisotopic (exact) mass is 506 g/mol. The van der Waals surface area contributed by atoms with Gasteiger partial charge in [0.1, 0.15) is 10.8 Å². The van der Waals surface area contributed by atoms with Crippen molar-refractivity contribution in [1.82, 2.24) is 14.1 Å². The molecule has 0 bridgehead atoms. The Morgan fingerprint density at radius 1 is 1.38 bits per heavy atom. The molecule has 1 N–H and O–H groups in total. The minimum atomic E-state index is -0.431. The van der Waals surface area contributed by atoms with Crippen molar-refractivity contribution < 1.29 is 9.13 Å². The summed E-state index contributed by atoms with van der Waals surface area (Å²) >= 11 is 7.81. The third-order valence-electron chi connectivity index (χ3n) is 6.20. The lowest BCUT2D eigenvalue weighted by molar-refractivity contribution is 0.0595. The summed E-state index contributed by atoms with van der Waals surface area (Å²) in [6, 6.07) is 6.35. The number of hydrogen-bond donors (Lipinski definition) is 1. The van der Waals surface area contributed by atoms with Crippen LogP contribution in [0.1, 0.15) is 37.3 Å². The second kappa shape index (κ2) is 11.4. The van der Waals surface area contributed by atoms with E-state index >= 15 is 0 Å². The van der Waals surface area contributed by atoms with Gasteiger partial charge in [-0.05, 0) is 49.8 Å². The molecular weight excluding hydrogens is 479 g/mol. The normalized spacial score (nSPS) is 19.5. The first-order valence-corrected chi connectivity index (χ1v) is 12.5. The summed E-state index contributed by atoms with van der Waals surface area (Å²) in [5.41, 5.74) is 0.988. The van der Waals surface area contributed by atoms with Crippen LogP contribution in [-0.2, 0) is 4.74 Å². The average Bonchev–Trinajstić information content (AvgIpc) is 2.86. The highest BCUT2D eigenvalue weighted by molar-refractivity contribution is 7.98. The number of ether oxygens (including phenoxy) is 1. The molecule has 2 aliphatic heterocycles. The van der Waals surface area contributed by atoms with Gasteiger partial charge in [0.25, 0.3) is 5.56 Å². The standard InChI is InChI=1S/C23H28ClFN6O2S/c1-29(21-5-4-16(12-26)11-19(21)25)34-30-8-6-18(7-9-30)31-23(32)22(24)20(14-28-31)27-13-17-3-2-10-33-15-17/h4-5,11,14,17-18,27H,2-3,6-10,13,15H2,1H3. The quantitative estimate of drug-likeness (QED) is 0.562. The maximum absolute atomic E-state index is 14.3. The average molecular weight is 507 g/mol. The van der Waals surface area contributed by atoms with E-state index in [4.69, 9.17) is 21.6 Å². The number of aromatic nitrogens is 2. The topological polar surface area (TPSA) is 86.4 Å². The number of anilines is 2. The molecule has 1 aromatic heterocycles. The Hall–Kier alpha value is -2.32. The molecule has 4 rings (SSSR count). The molecule has 0 radical (unpaired) electrons. The number of piperidine rings is 1. The van der Waals surface area contributed by atoms with Crippen LogP contribution in [0.5, 0.6) is 0 Å². The smallest absolute Gasteiger partial charge is 0.287 e. The summed E-state index contributed by atoms with van der Waals surface area (Å²) in [5, 5.41) is 16.7. The molecule has 0 spiro atoms. The van der Waals surface area contributed by atoms with Crippen LogP contribution in [0, 0.1) is 23.1 Å². The minimum Gasteiger partial charge on any atom is -0.382 e. The van der Waals surface area contributed by atoms with E-state index in [1.165, 1.54) is 22.9 Å². The van der Waals surface area contributed by atoms with Gasteiger partial charge in [0.2, 0.25) is 0 Å². The van der Waals surface area contributed by atoms with Crippen LogP contribution >= 0.6 is 23.7 Å². The number of nitriles is 1. The number of nitrogens with zero attached hydrogens (tertiary/aromatic N) is 5. The minimum absolute atomic E-state index is 0.0420. The molecule has 2 saturated heterocycles. The van der Waals surface area contributed by atoms with Crippen molar-refractivity contribution >= 4 is 35.1 Å². The number of halogens is 2. The van der Waals surface area contributed by atoms with Crippen LogP contribution in [0.25, 0.3) is 0 Å². The van der Waals surface area contributed by atoms with E-state index in [2.05, 4.69) is 14.7 Å². The zero-order valence-corrected chi connectivity index (χ0v) is 20.6. The Morgan fingerprint density at radius 2 is 2.18 bits per heavy atom. The summed E-state index contributed by atoms with van der Waals surface area (Å²) in [6.07, 6.45) is 5.24. The fraction of sp³-hybridized carbons (Fsp3) is 0.522. The van der Waals surface area contributed by atoms with Gasteiger partial charge in [0, 0.05) is 45.4 Å². The molecule has 0 saturated carbocycles. The summed E-state index contributed by atoms with van der Waals surface area (Å²) in [6.45, 7) is 3.66. The summed E-state index contributed by atoms with van der Waals surface area (Å²) in [7, 11) is 1.79. The number of nitrogens with one attached hydrogen (secondary N) is 1. The summed E-state index contributed by atoms with van der Waals surface area (Å²) < 4.78 is 25.2. The van der Waals surface area contributed by atoms with E-state index in [9.17, 15) is 9.18 Å². The Kier molecular flexibility index (Phi) is 8.32. The number of hydrogen-bond acceptors (Lipinski definition) is 8. The van der Waals surface area contributed by atoms with Crippen molar-refractivity contribution in [3.63, 3.8) is 0 Å². The Bertz CT molecular complexity index is 1100. The maximum Gasteiger partial charge on any atom is 0.287 e. The van der Waals surface area contributed by atoms with Crippen molar-refractivity contribution in [1.29, 1.82) is 5.26 Å². The second-order valence-electron chi connectivity index (χ2n) is 8.60. The molecule has 2 aliphatic rings. The SMILES string of the molecule is CN(SN1CCC(n2ncc(NCC3CCCOC3)c(Cl)c2=O)CC1)c1ccc(C#N)cc1F. The second-order valence-corrected chi connectivity index (χ2v) is 10.2. The van der Waals surface area contributed by atoms with Crippen molar-refractivity contribution in [2.45, 2.75) is 31.7 Å². The molecule has 11 heteroatoms. The van der Waals surface area contributed by atoms with E-state index in [0.717, 1.165) is 38.9 Å². The van der Waals surface area contributed by atoms with Crippen LogP contribution in [0.15, 0.2) is 29.2 Å². The first kappa shape index (κ1) is 24.8. The predicted octanol–water partition coefficient (Wildman–Crippen LogP) is 4.08. The highest BCUT2D eigenvalue weighted by Gasteiger charge is 2.25. The molecular formula is C23H28ClFN6O2S. The van der Waals surface area contributed by atoms with Crippen LogP contribution in [-0.4, -0.2) is 54.0 Å². The third kappa shape index (κ3) is 5.84. The summed E-state index contributed by atoms with van der Waals surface area (Å²) in [5.74, 6) is -0.0241. The molecule has 1 atom stereocenters. The van der Waals surface area contributed by atoms with E-state index in [1.54, 1.807) is 29.7 Å². The Labute approximate surface area is 207 Å². The van der Waals surface area contributed by atoms with Gasteiger partial charge in [-0.3, -0.25) is 4.79 Å². The van der Waals surface area contributed by atoms with E-state index in [1.807, 2.05) is 6.07 Å². The lowest BCUT2D eigenvalue weighted by Crippen LogP contribution is -2.37. The zero-order valence-electron chi connectivity index (χ0n) is 19.0. The van der Waals surface area contributed by atoms with Gasteiger partial charge >= 0.3 is 0 Å². The molecule has 182 valence electrons. The predicted molar refractivity (Wildman–Crippen MR) is 132 cm³/mol. The van der Waals surface area contributed by atoms with Gasteiger partial charge < -0.3 is 14.4 Å². The molecule has 1 aromatic carbocycles. The van der Waals surface area contributed by atoms with E-state index in [0.29, 0.717) is 42.5 Å². The molecule has 2 aromatic rings. The van der Waals surface area contributed by atoms with Crippen LogP contribution < -0.4 is 15.2 Å². The fourth-order valence-corrected chi connectivity index (χ4v) is 5.43. The van der Waals surface area contributed by atoms with E-state index in [-0.39, 0.29) is 16.6 Å². The Morgan fingerprint density at radius 3 is 2.85 bits per heavy atom. The first-order valence-electron chi connectivity index (χ1n) is 11.4. The van der Waals surface area contributed by atoms with Crippen molar-refractivity contribution in [3.05, 3.63) is 51.2 Å². The van der Waals surface area contributed by atoms with Crippen LogP contribution in [0.2, 0.25) is 5.02 Å². The van der Waals surface area contributed by atoms with Gasteiger partial charge in [0.05, 0.1) is 41.9 Å². The fourth-order valence-electron chi connectivity index (χ4n) is 4.27. The van der Waals surface area contributed by atoms with Gasteiger partial charge in [0.15, 0.2) is 0 Å². The molecule has 1 unspecified atom stereocenters. The number of rotatable bonds is 7. The third-order valence-corrected chi connectivity index (χ3v) is 7.61. The maximum atomic E-state index is 14.3. The van der Waals surface area contributed by atoms with Crippen molar-refractivity contribution in [2.75, 3.05) is 49.5 Å². The van der Waals surface area contributed by atoms with Gasteiger partial charge in [-0.1, -0.05) is 11.6 Å². The Balaban J connectivity index is 1.32. The van der Waals surface area contributed by atoms with Crippen LogP contribution in [0.4, 0.5) is 15.8 Å². The largest absolute Gasteiger partial charge is 0.382 e. The van der Waals surface area contributed by atoms with Gasteiger partial charge in [-0.2, -0.15) is 10.4 Å². The molecule has 3 heterocycles. The molecule has 0 amide bonds. The highest BCUT2D eigenvalue weighted by Crippen LogP contribution is 2.31. The van der Waals surface area contributed by atoms with Crippen LogP contribution in [0.3, 0.4) is 0 Å². The lowest BCUT2D eigenvalue weighted by atomic mass is 10.0. The van der Waals surface area contributed by atoms with E-state index < -0.39 is 5.82 Å². The van der Waals surface area contributed by atoms with Gasteiger partial charge in [-0.25, -0.2) is 13.4 Å². The van der Waals surface area contributed by atoms with Gasteiger partial charge in [-0.15, -0.1) is 0 Å². The highest BCUT2D eigenvalue weighted by atomic mass is 35.5. The lowest BCUT2D eigenvalue weighted by Gasteiger charge is -2.33. The first-order chi connectivity index (χ1) is 16.5. The van der Waals surface area contributed by atoms with Crippen molar-refractivity contribution in [3.8, 4) is 6.07 Å². The van der Waals surface area contributed by atoms with Crippen molar-refractivity contribution in [2.24, 2.45) is 5.92 Å². The molecule has 34 heavy (non-hydrogen) atoms.